The van der Waals surface area contributed by atoms with E-state index in [-0.39, 0.29) is 12.2 Å². The number of ether oxygens (including phenoxy) is 1. The molecule has 1 atom stereocenters. The van der Waals surface area contributed by atoms with Gasteiger partial charge in [-0.1, -0.05) is 0 Å². The van der Waals surface area contributed by atoms with Gasteiger partial charge in [-0.3, -0.25) is 9.69 Å². The van der Waals surface area contributed by atoms with Gasteiger partial charge in [-0.15, -0.1) is 0 Å². The van der Waals surface area contributed by atoms with Gasteiger partial charge in [0.05, 0.1) is 12.2 Å². The van der Waals surface area contributed by atoms with Crippen molar-refractivity contribution in [1.29, 1.82) is 0 Å². The Bertz CT molecular complexity index is 697. The molecule has 2 aliphatic heterocycles. The van der Waals surface area contributed by atoms with E-state index in [9.17, 15) is 27.9 Å². The van der Waals surface area contributed by atoms with Gasteiger partial charge in [-0.2, -0.15) is 13.2 Å². The number of alkyl halides is 3. The molecular weight excluding hydrogens is 353 g/mol. The maximum Gasteiger partial charge on any atom is 0.416 e. The van der Waals surface area contributed by atoms with E-state index >= 15 is 0 Å². The van der Waals surface area contributed by atoms with Crippen molar-refractivity contribution >= 4 is 11.9 Å². The van der Waals surface area contributed by atoms with Crippen LogP contribution in [-0.4, -0.2) is 65.3 Å². The van der Waals surface area contributed by atoms with Crippen LogP contribution in [0, 0.1) is 0 Å². The fourth-order valence-electron chi connectivity index (χ4n) is 3.46. The number of carboxylic acid groups (broad SMARTS) is 1. The lowest BCUT2D eigenvalue weighted by atomic mass is 9.97. The van der Waals surface area contributed by atoms with Gasteiger partial charge in [0.25, 0.3) is 5.91 Å². The normalized spacial score (nSPS) is 23.4. The molecule has 1 aromatic rings. The molecule has 2 saturated heterocycles. The number of likely N-dealkylation sites (tertiary alicyclic amines) is 1. The Labute approximate surface area is 148 Å². The van der Waals surface area contributed by atoms with Crippen molar-refractivity contribution < 1.29 is 32.6 Å². The molecule has 1 aromatic carbocycles. The van der Waals surface area contributed by atoms with Crippen LogP contribution in [0.5, 0.6) is 0 Å². The fourth-order valence-corrected chi connectivity index (χ4v) is 3.46. The zero-order valence-electron chi connectivity index (χ0n) is 14.1. The van der Waals surface area contributed by atoms with Crippen molar-refractivity contribution in [2.75, 3.05) is 26.7 Å². The third-order valence-electron chi connectivity index (χ3n) is 4.99. The first kappa shape index (κ1) is 18.7. The number of carbonyl (C=O) groups excluding carboxylic acids is 1. The maximum atomic E-state index is 13.0. The van der Waals surface area contributed by atoms with Crippen LogP contribution in [0.1, 0.15) is 28.8 Å². The van der Waals surface area contributed by atoms with Crippen molar-refractivity contribution in [3.8, 4) is 0 Å². The first-order valence-corrected chi connectivity index (χ1v) is 8.20. The number of aliphatic carboxylic acids is 1. The van der Waals surface area contributed by atoms with E-state index in [4.69, 9.17) is 4.74 Å². The number of hydrogen-bond acceptors (Lipinski definition) is 4. The highest BCUT2D eigenvalue weighted by molar-refractivity contribution is 5.97. The summed E-state index contributed by atoms with van der Waals surface area (Å²) in [7, 11) is 1.92. The summed E-state index contributed by atoms with van der Waals surface area (Å²) in [6.45, 7) is 1.12. The Kier molecular flexibility index (Phi) is 4.70. The van der Waals surface area contributed by atoms with Crippen LogP contribution >= 0.6 is 0 Å². The van der Waals surface area contributed by atoms with E-state index < -0.39 is 35.4 Å². The summed E-state index contributed by atoms with van der Waals surface area (Å²) in [6, 6.07) is 2.63. The van der Waals surface area contributed by atoms with Crippen molar-refractivity contribution in [1.82, 2.24) is 9.80 Å². The number of benzene rings is 1. The van der Waals surface area contributed by atoms with Gasteiger partial charge in [0.2, 0.25) is 0 Å². The zero-order chi connectivity index (χ0) is 19.1. The molecular formula is C17H19F3N2O4. The molecule has 0 aliphatic carbocycles. The highest BCUT2D eigenvalue weighted by Crippen LogP contribution is 2.38. The molecule has 6 nitrogen and oxygen atoms in total. The molecule has 3 rings (SSSR count). The second kappa shape index (κ2) is 6.55. The van der Waals surface area contributed by atoms with Crippen LogP contribution in [0.15, 0.2) is 24.3 Å². The van der Waals surface area contributed by atoms with Crippen molar-refractivity contribution in [3.63, 3.8) is 0 Å². The van der Waals surface area contributed by atoms with Crippen LogP contribution in [0.3, 0.4) is 0 Å². The second-order valence-electron chi connectivity index (χ2n) is 6.66. The van der Waals surface area contributed by atoms with Gasteiger partial charge in [-0.05, 0) is 31.3 Å². The minimum Gasteiger partial charge on any atom is -0.480 e. The molecule has 0 radical (unpaired) electrons. The molecule has 1 amide bonds. The van der Waals surface area contributed by atoms with E-state index in [0.29, 0.717) is 25.9 Å². The molecule has 1 N–H and O–H groups in total. The summed E-state index contributed by atoms with van der Waals surface area (Å²) in [6.07, 6.45) is -3.61. The molecule has 0 unspecified atom stereocenters. The Hall–Kier alpha value is -2.13. The lowest BCUT2D eigenvalue weighted by Gasteiger charge is -2.43. The minimum absolute atomic E-state index is 0.00746. The lowest BCUT2D eigenvalue weighted by Crippen LogP contribution is -2.57. The quantitative estimate of drug-likeness (QED) is 0.861. The molecule has 0 aromatic heterocycles. The summed E-state index contributed by atoms with van der Waals surface area (Å²) in [5.74, 6) is -1.82. The third kappa shape index (κ3) is 3.28. The van der Waals surface area contributed by atoms with E-state index in [1.54, 1.807) is 0 Å². The van der Waals surface area contributed by atoms with E-state index in [1.807, 2.05) is 11.9 Å². The molecule has 2 fully saturated rings. The van der Waals surface area contributed by atoms with Gasteiger partial charge < -0.3 is 14.7 Å². The first-order valence-electron chi connectivity index (χ1n) is 8.20. The number of piperidine rings is 1. The zero-order valence-corrected chi connectivity index (χ0v) is 14.1. The average Bonchev–Trinajstić information content (AvgIpc) is 2.96. The Balaban J connectivity index is 1.91. The summed E-state index contributed by atoms with van der Waals surface area (Å²) in [5.41, 5.74) is -1.89. The van der Waals surface area contributed by atoms with Gasteiger partial charge in [0.1, 0.15) is 5.72 Å². The SMILES string of the molecule is CN1CCC2(CC1)OC[C@@H](C(=O)O)N2C(=O)c1ccc(C(F)(F)F)cc1. The average molecular weight is 372 g/mol. The molecule has 2 aliphatic rings. The van der Waals surface area contributed by atoms with Gasteiger partial charge in [0, 0.05) is 31.5 Å². The molecule has 1 spiro atoms. The number of halogens is 3. The fraction of sp³-hybridized carbons (Fsp3) is 0.529. The van der Waals surface area contributed by atoms with Crippen LogP contribution in [-0.2, 0) is 15.7 Å². The summed E-state index contributed by atoms with van der Waals surface area (Å²) < 4.78 is 43.9. The monoisotopic (exact) mass is 372 g/mol. The topological polar surface area (TPSA) is 70.1 Å². The number of carboxylic acids is 1. The van der Waals surface area contributed by atoms with Crippen LogP contribution in [0.4, 0.5) is 13.2 Å². The predicted molar refractivity (Wildman–Crippen MR) is 84.5 cm³/mol. The van der Waals surface area contributed by atoms with Crippen molar-refractivity contribution in [2.24, 2.45) is 0 Å². The number of nitrogens with zero attached hydrogens (tertiary/aromatic N) is 2. The maximum absolute atomic E-state index is 13.0. The second-order valence-corrected chi connectivity index (χ2v) is 6.66. The van der Waals surface area contributed by atoms with Crippen molar-refractivity contribution in [3.05, 3.63) is 35.4 Å². The lowest BCUT2D eigenvalue weighted by molar-refractivity contribution is -0.143. The summed E-state index contributed by atoms with van der Waals surface area (Å²) >= 11 is 0. The Morgan fingerprint density at radius 1 is 1.19 bits per heavy atom. The number of carbonyl (C=O) groups is 2. The van der Waals surface area contributed by atoms with Crippen molar-refractivity contribution in [2.45, 2.75) is 30.8 Å². The van der Waals surface area contributed by atoms with E-state index in [0.717, 1.165) is 24.3 Å². The number of hydrogen-bond donors (Lipinski definition) is 1. The van der Waals surface area contributed by atoms with E-state index in [2.05, 4.69) is 0 Å². The summed E-state index contributed by atoms with van der Waals surface area (Å²) in [4.78, 5) is 27.8. The number of rotatable bonds is 2. The first-order chi connectivity index (χ1) is 12.1. The summed E-state index contributed by atoms with van der Waals surface area (Å²) in [5, 5.41) is 9.46. The highest BCUT2D eigenvalue weighted by atomic mass is 19.4. The standard InChI is InChI=1S/C17H19F3N2O4/c1-21-8-6-16(7-9-21)22(13(10-26-16)15(24)25)14(23)11-2-4-12(5-3-11)17(18,19)20/h2-5,13H,6-10H2,1H3,(H,24,25)/t13-/m0/s1. The minimum atomic E-state index is -4.50. The molecule has 0 saturated carbocycles. The molecule has 2 heterocycles. The highest BCUT2D eigenvalue weighted by Gasteiger charge is 2.53. The number of amides is 1. The van der Waals surface area contributed by atoms with Crippen LogP contribution in [0.25, 0.3) is 0 Å². The Morgan fingerprint density at radius 3 is 2.27 bits per heavy atom. The van der Waals surface area contributed by atoms with Gasteiger partial charge in [-0.25, -0.2) is 4.79 Å². The predicted octanol–water partition coefficient (Wildman–Crippen LogP) is 2.05. The third-order valence-corrected chi connectivity index (χ3v) is 4.99. The van der Waals surface area contributed by atoms with Crippen LogP contribution in [0.2, 0.25) is 0 Å². The molecule has 9 heteroatoms. The van der Waals surface area contributed by atoms with E-state index in [1.165, 1.54) is 4.90 Å². The molecule has 142 valence electrons. The Morgan fingerprint density at radius 2 is 1.77 bits per heavy atom. The molecule has 0 bridgehead atoms. The van der Waals surface area contributed by atoms with Crippen LogP contribution < -0.4 is 0 Å². The smallest absolute Gasteiger partial charge is 0.416 e. The molecule has 26 heavy (non-hydrogen) atoms. The van der Waals surface area contributed by atoms with Gasteiger partial charge in [0.15, 0.2) is 6.04 Å². The largest absolute Gasteiger partial charge is 0.480 e. The van der Waals surface area contributed by atoms with Gasteiger partial charge >= 0.3 is 12.1 Å².